The van der Waals surface area contributed by atoms with Crippen LogP contribution in [0.4, 0.5) is 0 Å². The van der Waals surface area contributed by atoms with Gasteiger partial charge < -0.3 is 0 Å². The molecule has 0 aromatic carbocycles. The molecule has 2 rings (SSSR count). The molecule has 0 aliphatic carbocycles. The molecular weight excluding hydrogens is 124 g/mol. The number of nitrogens with zero attached hydrogens (tertiary/aromatic N) is 1. The second kappa shape index (κ2) is 1.52. The van der Waals surface area contributed by atoms with Crippen molar-refractivity contribution < 1.29 is 4.48 Å². The first-order valence-electron chi connectivity index (χ1n) is 3.66. The molecule has 1 fully saturated rings. The largest absolute Gasteiger partial charge is 0.242 e. The van der Waals surface area contributed by atoms with E-state index >= 15 is 0 Å². The Morgan fingerprint density at radius 2 is 1.90 bits per heavy atom. The maximum Gasteiger partial charge on any atom is 0.161 e. The minimum absolute atomic E-state index is 0.212. The van der Waals surface area contributed by atoms with Crippen molar-refractivity contribution in [2.45, 2.75) is 19.5 Å². The SMILES string of the molecule is CC1(C)NC[N+]12C=CC=C2. The zero-order valence-electron chi connectivity index (χ0n) is 6.46. The van der Waals surface area contributed by atoms with Crippen LogP contribution in [0.2, 0.25) is 0 Å². The molecule has 0 aromatic heterocycles. The van der Waals surface area contributed by atoms with Crippen molar-refractivity contribution in [1.29, 1.82) is 0 Å². The van der Waals surface area contributed by atoms with Gasteiger partial charge in [0.25, 0.3) is 0 Å². The Hall–Kier alpha value is -0.600. The Labute approximate surface area is 61.4 Å². The molecule has 0 unspecified atom stereocenters. The van der Waals surface area contributed by atoms with E-state index < -0.39 is 0 Å². The van der Waals surface area contributed by atoms with E-state index in [0.29, 0.717) is 0 Å². The second-order valence-corrected chi connectivity index (χ2v) is 3.51. The van der Waals surface area contributed by atoms with Gasteiger partial charge >= 0.3 is 0 Å². The summed E-state index contributed by atoms with van der Waals surface area (Å²) in [6, 6.07) is 0. The highest BCUT2D eigenvalue weighted by molar-refractivity contribution is 5.07. The van der Waals surface area contributed by atoms with Gasteiger partial charge in [0.2, 0.25) is 0 Å². The van der Waals surface area contributed by atoms with Gasteiger partial charge in [0.05, 0.1) is 0 Å². The van der Waals surface area contributed by atoms with Crippen molar-refractivity contribution in [3.63, 3.8) is 0 Å². The first-order valence-corrected chi connectivity index (χ1v) is 3.66. The number of quaternary nitrogens is 1. The minimum Gasteiger partial charge on any atom is -0.242 e. The quantitative estimate of drug-likeness (QED) is 0.494. The Bertz CT molecular complexity index is 201. The summed E-state index contributed by atoms with van der Waals surface area (Å²) in [5, 5.41) is 3.39. The summed E-state index contributed by atoms with van der Waals surface area (Å²) < 4.78 is 0.979. The summed E-state index contributed by atoms with van der Waals surface area (Å²) >= 11 is 0. The highest BCUT2D eigenvalue weighted by atomic mass is 15.6. The predicted molar refractivity (Wildman–Crippen MR) is 40.6 cm³/mol. The average Bonchev–Trinajstić information content (AvgIpc) is 2.34. The van der Waals surface area contributed by atoms with Crippen molar-refractivity contribution in [1.82, 2.24) is 5.32 Å². The van der Waals surface area contributed by atoms with Gasteiger partial charge in [-0.25, -0.2) is 9.80 Å². The van der Waals surface area contributed by atoms with E-state index in [1.807, 2.05) is 0 Å². The van der Waals surface area contributed by atoms with Crippen LogP contribution in [0, 0.1) is 0 Å². The number of rotatable bonds is 0. The fourth-order valence-electron chi connectivity index (χ4n) is 1.51. The van der Waals surface area contributed by atoms with Gasteiger partial charge in [-0.2, -0.15) is 0 Å². The normalized spacial score (nSPS) is 31.0. The average molecular weight is 137 g/mol. The molecule has 1 N–H and O–H groups in total. The third-order valence-corrected chi connectivity index (χ3v) is 2.63. The summed E-state index contributed by atoms with van der Waals surface area (Å²) in [5.74, 6) is 0. The summed E-state index contributed by atoms with van der Waals surface area (Å²) in [7, 11) is 0. The molecule has 1 spiro atoms. The molecule has 0 bridgehead atoms. The summed E-state index contributed by atoms with van der Waals surface area (Å²) in [6.07, 6.45) is 8.69. The molecule has 0 aromatic rings. The molecule has 10 heavy (non-hydrogen) atoms. The van der Waals surface area contributed by atoms with Crippen molar-refractivity contribution in [3.05, 3.63) is 24.6 Å². The van der Waals surface area contributed by atoms with E-state index in [1.54, 1.807) is 0 Å². The van der Waals surface area contributed by atoms with Gasteiger partial charge in [0.15, 0.2) is 5.66 Å². The number of hydrogen-bond acceptors (Lipinski definition) is 1. The third-order valence-electron chi connectivity index (χ3n) is 2.63. The Morgan fingerprint density at radius 1 is 1.30 bits per heavy atom. The molecule has 1 saturated heterocycles. The van der Waals surface area contributed by atoms with Crippen molar-refractivity contribution in [2.75, 3.05) is 6.67 Å². The third kappa shape index (κ3) is 0.509. The van der Waals surface area contributed by atoms with Crippen LogP contribution < -0.4 is 5.32 Å². The van der Waals surface area contributed by atoms with Gasteiger partial charge in [0.1, 0.15) is 19.1 Å². The zero-order valence-corrected chi connectivity index (χ0v) is 6.46. The molecular formula is C8H13N2+. The molecule has 0 atom stereocenters. The van der Waals surface area contributed by atoms with E-state index in [2.05, 4.69) is 43.7 Å². The minimum atomic E-state index is 0.212. The maximum atomic E-state index is 3.39. The van der Waals surface area contributed by atoms with Gasteiger partial charge in [0, 0.05) is 13.8 Å². The van der Waals surface area contributed by atoms with E-state index in [9.17, 15) is 0 Å². The lowest BCUT2D eigenvalue weighted by Gasteiger charge is -2.52. The standard InChI is InChI=1S/C8H13N2/c1-8(2)9-7-10(8)5-3-4-6-10/h3-6,9H,7H2,1-2H3/q+1. The molecule has 2 nitrogen and oxygen atoms in total. The predicted octanol–water partition coefficient (Wildman–Crippen LogP) is 1.14. The second-order valence-electron chi connectivity index (χ2n) is 3.51. The summed E-state index contributed by atoms with van der Waals surface area (Å²) in [5.41, 5.74) is 0.212. The lowest BCUT2D eigenvalue weighted by Crippen LogP contribution is -2.76. The van der Waals surface area contributed by atoms with Gasteiger partial charge in [-0.05, 0) is 12.2 Å². The molecule has 2 aliphatic rings. The van der Waals surface area contributed by atoms with Crippen LogP contribution in [-0.2, 0) is 0 Å². The van der Waals surface area contributed by atoms with E-state index in [1.165, 1.54) is 0 Å². The van der Waals surface area contributed by atoms with Crippen molar-refractivity contribution >= 4 is 0 Å². The number of allylic oxidation sites excluding steroid dienone is 2. The van der Waals surface area contributed by atoms with E-state index in [-0.39, 0.29) is 5.66 Å². The first-order chi connectivity index (χ1) is 4.66. The topological polar surface area (TPSA) is 12.0 Å². The van der Waals surface area contributed by atoms with Crippen LogP contribution in [0.3, 0.4) is 0 Å². The van der Waals surface area contributed by atoms with Crippen LogP contribution in [0.15, 0.2) is 24.6 Å². The molecule has 0 amide bonds. The van der Waals surface area contributed by atoms with Crippen LogP contribution in [0.25, 0.3) is 0 Å². The van der Waals surface area contributed by atoms with E-state index in [0.717, 1.165) is 11.2 Å². The van der Waals surface area contributed by atoms with Crippen LogP contribution >= 0.6 is 0 Å². The lowest BCUT2D eigenvalue weighted by molar-refractivity contribution is -0.934. The van der Waals surface area contributed by atoms with E-state index in [4.69, 9.17) is 0 Å². The smallest absolute Gasteiger partial charge is 0.161 e. The highest BCUT2D eigenvalue weighted by Gasteiger charge is 2.51. The molecule has 2 heterocycles. The Kier molecular flexibility index (Phi) is 0.932. The fourth-order valence-corrected chi connectivity index (χ4v) is 1.51. The van der Waals surface area contributed by atoms with Gasteiger partial charge in [-0.15, -0.1) is 0 Å². The van der Waals surface area contributed by atoms with Crippen molar-refractivity contribution in [3.8, 4) is 0 Å². The summed E-state index contributed by atoms with van der Waals surface area (Å²) in [6.45, 7) is 5.48. The molecule has 0 radical (unpaired) electrons. The van der Waals surface area contributed by atoms with Gasteiger partial charge in [-0.3, -0.25) is 0 Å². The number of nitrogens with one attached hydrogen (secondary N) is 1. The van der Waals surface area contributed by atoms with Crippen LogP contribution in [-0.4, -0.2) is 16.8 Å². The number of hydrogen-bond donors (Lipinski definition) is 1. The fraction of sp³-hybridized carbons (Fsp3) is 0.500. The first kappa shape index (κ1) is 6.13. The zero-order chi connectivity index (χ0) is 7.24. The highest BCUT2D eigenvalue weighted by Crippen LogP contribution is 2.33. The molecule has 2 heteroatoms. The molecule has 0 saturated carbocycles. The van der Waals surface area contributed by atoms with Gasteiger partial charge in [-0.1, -0.05) is 0 Å². The summed E-state index contributed by atoms with van der Waals surface area (Å²) in [4.78, 5) is 0. The monoisotopic (exact) mass is 137 g/mol. The Balaban J connectivity index is 2.33. The molecule has 2 aliphatic heterocycles. The van der Waals surface area contributed by atoms with Crippen LogP contribution in [0.1, 0.15) is 13.8 Å². The van der Waals surface area contributed by atoms with Crippen LogP contribution in [0.5, 0.6) is 0 Å². The Morgan fingerprint density at radius 3 is 2.10 bits per heavy atom. The molecule has 54 valence electrons. The maximum absolute atomic E-state index is 3.39. The lowest BCUT2D eigenvalue weighted by atomic mass is 10.1. The van der Waals surface area contributed by atoms with Crippen molar-refractivity contribution in [2.24, 2.45) is 0 Å².